The Balaban J connectivity index is 1.36. The van der Waals surface area contributed by atoms with Crippen molar-refractivity contribution in [3.63, 3.8) is 0 Å². The lowest BCUT2D eigenvalue weighted by Crippen LogP contribution is -2.24. The van der Waals surface area contributed by atoms with Gasteiger partial charge in [0.15, 0.2) is 0 Å². The number of carbonyl (C=O) groups is 2. The molecule has 0 bridgehead atoms. The Morgan fingerprint density at radius 1 is 0.848 bits per heavy atom. The number of ether oxygens (including phenoxy) is 1. The highest BCUT2D eigenvalue weighted by Gasteiger charge is 2.06. The second kappa shape index (κ2) is 12.9. The molecule has 3 aromatic rings. The van der Waals surface area contributed by atoms with Gasteiger partial charge >= 0.3 is 0 Å². The largest absolute Gasteiger partial charge is 0.494 e. The highest BCUT2D eigenvalue weighted by atomic mass is 16.5. The van der Waals surface area contributed by atoms with Crippen molar-refractivity contribution in [2.75, 3.05) is 30.3 Å². The normalized spacial score (nSPS) is 10.3. The summed E-state index contributed by atoms with van der Waals surface area (Å²) >= 11 is 0. The van der Waals surface area contributed by atoms with Gasteiger partial charge in [-0.2, -0.15) is 0 Å². The molecular formula is C27H31N3O3. The Bertz CT molecular complexity index is 1000. The van der Waals surface area contributed by atoms with E-state index in [2.05, 4.69) is 28.1 Å². The number of aryl methyl sites for hydroxylation is 1. The molecule has 0 aliphatic carbocycles. The second-order valence-electron chi connectivity index (χ2n) is 7.70. The Morgan fingerprint density at radius 3 is 2.24 bits per heavy atom. The zero-order valence-corrected chi connectivity index (χ0v) is 19.0. The molecule has 33 heavy (non-hydrogen) atoms. The standard InChI is InChI=1S/C27H31N3O3/c1-2-18-28-27(32)22-10-12-23(13-11-22)29-20-26(31)30-24-14-16-25(17-15-24)33-19-6-9-21-7-4-3-5-8-21/h3-5,7-8,10-17,29H,2,6,9,18-20H2,1H3,(H,28,32)(H,30,31). The summed E-state index contributed by atoms with van der Waals surface area (Å²) in [6, 6.07) is 24.8. The van der Waals surface area contributed by atoms with Crippen molar-refractivity contribution in [2.45, 2.75) is 26.2 Å². The van der Waals surface area contributed by atoms with Crippen LogP contribution in [0.2, 0.25) is 0 Å². The molecule has 6 nitrogen and oxygen atoms in total. The minimum atomic E-state index is -0.156. The molecule has 0 aliphatic rings. The Kier molecular flexibility index (Phi) is 9.33. The number of carbonyl (C=O) groups excluding carboxylic acids is 2. The molecule has 2 amide bonds. The molecule has 0 aromatic heterocycles. The summed E-state index contributed by atoms with van der Waals surface area (Å²) in [5.74, 6) is 0.531. The van der Waals surface area contributed by atoms with Crippen LogP contribution in [0.3, 0.4) is 0 Å². The minimum absolute atomic E-state index is 0.0928. The topological polar surface area (TPSA) is 79.5 Å². The van der Waals surface area contributed by atoms with Gasteiger partial charge in [-0.05, 0) is 73.4 Å². The smallest absolute Gasteiger partial charge is 0.251 e. The first-order chi connectivity index (χ1) is 16.1. The maximum atomic E-state index is 12.2. The van der Waals surface area contributed by atoms with Crippen LogP contribution in [-0.2, 0) is 11.2 Å². The second-order valence-corrected chi connectivity index (χ2v) is 7.70. The monoisotopic (exact) mass is 445 g/mol. The number of nitrogens with one attached hydrogen (secondary N) is 3. The van der Waals surface area contributed by atoms with Crippen molar-refractivity contribution in [1.82, 2.24) is 5.32 Å². The minimum Gasteiger partial charge on any atom is -0.494 e. The Labute approximate surface area is 195 Å². The maximum absolute atomic E-state index is 12.2. The van der Waals surface area contributed by atoms with Crippen LogP contribution in [0.1, 0.15) is 35.7 Å². The van der Waals surface area contributed by atoms with Gasteiger partial charge in [-0.15, -0.1) is 0 Å². The van der Waals surface area contributed by atoms with Gasteiger partial charge in [0, 0.05) is 23.5 Å². The first kappa shape index (κ1) is 23.9. The van der Waals surface area contributed by atoms with Gasteiger partial charge in [0.1, 0.15) is 5.75 Å². The van der Waals surface area contributed by atoms with Crippen LogP contribution in [0.25, 0.3) is 0 Å². The van der Waals surface area contributed by atoms with E-state index in [-0.39, 0.29) is 18.4 Å². The predicted octanol–water partition coefficient (Wildman–Crippen LogP) is 4.89. The summed E-state index contributed by atoms with van der Waals surface area (Å²) in [5, 5.41) is 8.76. The van der Waals surface area contributed by atoms with E-state index in [0.29, 0.717) is 24.4 Å². The molecule has 0 radical (unpaired) electrons. The number of rotatable bonds is 12. The molecule has 3 N–H and O–H groups in total. The van der Waals surface area contributed by atoms with Gasteiger partial charge in [-0.1, -0.05) is 37.3 Å². The van der Waals surface area contributed by atoms with Crippen LogP contribution >= 0.6 is 0 Å². The van der Waals surface area contributed by atoms with Gasteiger partial charge in [0.25, 0.3) is 5.91 Å². The van der Waals surface area contributed by atoms with Crippen LogP contribution in [-0.4, -0.2) is 31.5 Å². The molecule has 0 fully saturated rings. The predicted molar refractivity (Wildman–Crippen MR) is 133 cm³/mol. The molecule has 0 saturated heterocycles. The summed E-state index contributed by atoms with van der Waals surface area (Å²) in [6.45, 7) is 3.43. The maximum Gasteiger partial charge on any atom is 0.251 e. The molecule has 0 unspecified atom stereocenters. The van der Waals surface area contributed by atoms with Crippen molar-refractivity contribution >= 4 is 23.2 Å². The fraction of sp³-hybridized carbons (Fsp3) is 0.259. The Morgan fingerprint density at radius 2 is 1.55 bits per heavy atom. The lowest BCUT2D eigenvalue weighted by molar-refractivity contribution is -0.114. The molecule has 3 rings (SSSR count). The molecular weight excluding hydrogens is 414 g/mol. The number of hydrogen-bond acceptors (Lipinski definition) is 4. The third-order valence-electron chi connectivity index (χ3n) is 5.00. The van der Waals surface area contributed by atoms with Gasteiger partial charge in [0.05, 0.1) is 13.2 Å². The quantitative estimate of drug-likeness (QED) is 0.347. The van der Waals surface area contributed by atoms with Crippen molar-refractivity contribution < 1.29 is 14.3 Å². The van der Waals surface area contributed by atoms with E-state index in [0.717, 1.165) is 30.7 Å². The fourth-order valence-electron chi connectivity index (χ4n) is 3.21. The van der Waals surface area contributed by atoms with Crippen molar-refractivity contribution in [3.05, 3.63) is 90.0 Å². The molecule has 6 heteroatoms. The number of hydrogen-bond donors (Lipinski definition) is 3. The van der Waals surface area contributed by atoms with Gasteiger partial charge in [-0.25, -0.2) is 0 Å². The summed E-state index contributed by atoms with van der Waals surface area (Å²) in [5.41, 5.74) is 3.39. The summed E-state index contributed by atoms with van der Waals surface area (Å²) in [7, 11) is 0. The van der Waals surface area contributed by atoms with E-state index in [1.54, 1.807) is 24.3 Å². The average Bonchev–Trinajstić information content (AvgIpc) is 2.86. The number of benzene rings is 3. The molecule has 0 heterocycles. The summed E-state index contributed by atoms with van der Waals surface area (Å²) in [6.07, 6.45) is 2.82. The van der Waals surface area contributed by atoms with E-state index in [9.17, 15) is 9.59 Å². The van der Waals surface area contributed by atoms with Crippen molar-refractivity contribution in [3.8, 4) is 5.75 Å². The molecule has 3 aromatic carbocycles. The van der Waals surface area contributed by atoms with E-state index in [4.69, 9.17) is 4.74 Å². The van der Waals surface area contributed by atoms with Crippen LogP contribution in [0, 0.1) is 0 Å². The SMILES string of the molecule is CCCNC(=O)c1ccc(NCC(=O)Nc2ccc(OCCCc3ccccc3)cc2)cc1. The third-order valence-corrected chi connectivity index (χ3v) is 5.00. The van der Waals surface area contributed by atoms with Crippen LogP contribution in [0.4, 0.5) is 11.4 Å². The van der Waals surface area contributed by atoms with Gasteiger partial charge < -0.3 is 20.7 Å². The molecule has 0 saturated carbocycles. The average molecular weight is 446 g/mol. The zero-order chi connectivity index (χ0) is 23.3. The van der Waals surface area contributed by atoms with Crippen molar-refractivity contribution in [1.29, 1.82) is 0 Å². The lowest BCUT2D eigenvalue weighted by atomic mass is 10.1. The van der Waals surface area contributed by atoms with E-state index in [1.807, 2.05) is 49.4 Å². The first-order valence-corrected chi connectivity index (χ1v) is 11.3. The van der Waals surface area contributed by atoms with Crippen LogP contribution in [0.15, 0.2) is 78.9 Å². The molecule has 172 valence electrons. The summed E-state index contributed by atoms with van der Waals surface area (Å²) < 4.78 is 5.79. The fourth-order valence-corrected chi connectivity index (χ4v) is 3.21. The molecule has 0 aliphatic heterocycles. The van der Waals surface area contributed by atoms with Crippen LogP contribution < -0.4 is 20.7 Å². The number of amides is 2. The third kappa shape index (κ3) is 8.33. The highest BCUT2D eigenvalue weighted by Crippen LogP contribution is 2.16. The number of anilines is 2. The zero-order valence-electron chi connectivity index (χ0n) is 19.0. The first-order valence-electron chi connectivity index (χ1n) is 11.3. The highest BCUT2D eigenvalue weighted by molar-refractivity contribution is 5.95. The van der Waals surface area contributed by atoms with Crippen molar-refractivity contribution in [2.24, 2.45) is 0 Å². The van der Waals surface area contributed by atoms with E-state index >= 15 is 0 Å². The summed E-state index contributed by atoms with van der Waals surface area (Å²) in [4.78, 5) is 24.2. The van der Waals surface area contributed by atoms with Gasteiger partial charge in [-0.3, -0.25) is 9.59 Å². The van der Waals surface area contributed by atoms with Crippen LogP contribution in [0.5, 0.6) is 5.75 Å². The molecule has 0 atom stereocenters. The molecule has 0 spiro atoms. The van der Waals surface area contributed by atoms with E-state index < -0.39 is 0 Å². The van der Waals surface area contributed by atoms with E-state index in [1.165, 1.54) is 5.56 Å². The lowest BCUT2D eigenvalue weighted by Gasteiger charge is -2.10. The van der Waals surface area contributed by atoms with Gasteiger partial charge in [0.2, 0.25) is 5.91 Å². The Hall–Kier alpha value is -3.80.